The monoisotopic (exact) mass is 557 g/mol. The molecule has 38 heavy (non-hydrogen) atoms. The lowest BCUT2D eigenvalue weighted by molar-refractivity contribution is -0.376. The second-order valence-electron chi connectivity index (χ2n) is 10.0. The fourth-order valence-corrected chi connectivity index (χ4v) is 4.68. The number of nitrogens with two attached hydrogens (primary N) is 1. The maximum absolute atomic E-state index is 11.0. The first-order chi connectivity index (χ1) is 18.0. The average molecular weight is 558 g/mol. The van der Waals surface area contributed by atoms with Gasteiger partial charge in [0, 0.05) is 6.61 Å². The Hall–Kier alpha value is -0.600. The van der Waals surface area contributed by atoms with Gasteiger partial charge in [-0.25, -0.2) is 0 Å². The van der Waals surface area contributed by atoms with Crippen molar-refractivity contribution >= 4 is 0 Å². The number of hydrogen-bond acceptors (Lipinski definition) is 15. The number of ether oxygens (including phenoxy) is 6. The lowest BCUT2D eigenvalue weighted by Crippen LogP contribution is -2.65. The van der Waals surface area contributed by atoms with Crippen LogP contribution in [-0.2, 0) is 28.4 Å². The molecule has 0 aromatic carbocycles. The Morgan fingerprint density at radius 2 is 1.13 bits per heavy atom. The Morgan fingerprint density at radius 1 is 0.605 bits per heavy atom. The summed E-state index contributed by atoms with van der Waals surface area (Å²) in [6.45, 7) is 3.16. The number of hydrogen-bond donors (Lipinski definition) is 9. The summed E-state index contributed by atoms with van der Waals surface area (Å²) in [5.74, 6) is 0. The molecule has 0 spiro atoms. The van der Waals surface area contributed by atoms with Crippen LogP contribution in [0, 0.1) is 0 Å². The first-order valence-electron chi connectivity index (χ1n) is 13.0. The van der Waals surface area contributed by atoms with Gasteiger partial charge in [-0.3, -0.25) is 0 Å². The van der Waals surface area contributed by atoms with Crippen LogP contribution in [0.3, 0.4) is 0 Å². The highest BCUT2D eigenvalue weighted by Crippen LogP contribution is 2.32. The van der Waals surface area contributed by atoms with Gasteiger partial charge in [0.05, 0.1) is 18.8 Å². The summed E-state index contributed by atoms with van der Waals surface area (Å²) in [7, 11) is 0. The fraction of sp³-hybridized carbons (Fsp3) is 1.00. The highest BCUT2D eigenvalue weighted by Gasteiger charge is 2.52. The van der Waals surface area contributed by atoms with Gasteiger partial charge in [0.1, 0.15) is 61.0 Å². The molecule has 224 valence electrons. The van der Waals surface area contributed by atoms with E-state index in [0.717, 1.165) is 12.8 Å². The van der Waals surface area contributed by atoms with E-state index in [1.165, 1.54) is 6.92 Å². The van der Waals surface area contributed by atoms with Crippen molar-refractivity contribution in [3.63, 3.8) is 0 Å². The lowest BCUT2D eigenvalue weighted by Gasteiger charge is -2.47. The van der Waals surface area contributed by atoms with Crippen LogP contribution in [0.2, 0.25) is 0 Å². The normalized spacial score (nSPS) is 48.2. The van der Waals surface area contributed by atoms with E-state index in [0.29, 0.717) is 13.0 Å². The van der Waals surface area contributed by atoms with Gasteiger partial charge in [0.25, 0.3) is 0 Å². The molecule has 3 aliphatic heterocycles. The van der Waals surface area contributed by atoms with Crippen LogP contribution in [-0.4, -0.2) is 153 Å². The predicted molar refractivity (Wildman–Crippen MR) is 125 cm³/mol. The number of aliphatic hydroxyl groups excluding tert-OH is 8. The fourth-order valence-electron chi connectivity index (χ4n) is 4.68. The summed E-state index contributed by atoms with van der Waals surface area (Å²) in [5.41, 5.74) is 5.48. The van der Waals surface area contributed by atoms with Gasteiger partial charge in [0.2, 0.25) is 0 Å². The molecule has 0 radical (unpaired) electrons. The minimum atomic E-state index is -1.77. The smallest absolute Gasteiger partial charge is 0.187 e. The minimum Gasteiger partial charge on any atom is -0.394 e. The van der Waals surface area contributed by atoms with Gasteiger partial charge >= 0.3 is 0 Å². The molecule has 3 fully saturated rings. The van der Waals surface area contributed by atoms with Gasteiger partial charge in [-0.2, -0.15) is 0 Å². The Labute approximate surface area is 220 Å². The van der Waals surface area contributed by atoms with Gasteiger partial charge in [-0.15, -0.1) is 0 Å². The second kappa shape index (κ2) is 14.3. The molecule has 0 aliphatic carbocycles. The van der Waals surface area contributed by atoms with Crippen molar-refractivity contribution in [3.05, 3.63) is 0 Å². The molecule has 0 aromatic rings. The second-order valence-corrected chi connectivity index (χ2v) is 10.0. The minimum absolute atomic E-state index is 0.276. The molecule has 0 bridgehead atoms. The molecule has 15 atom stereocenters. The van der Waals surface area contributed by atoms with Crippen LogP contribution in [0.4, 0.5) is 0 Å². The zero-order valence-corrected chi connectivity index (χ0v) is 21.5. The molecule has 15 nitrogen and oxygen atoms in total. The first kappa shape index (κ1) is 31.9. The van der Waals surface area contributed by atoms with Crippen molar-refractivity contribution in [2.45, 2.75) is 125 Å². The lowest BCUT2D eigenvalue weighted by atomic mass is 9.96. The van der Waals surface area contributed by atoms with Gasteiger partial charge in [-0.1, -0.05) is 0 Å². The van der Waals surface area contributed by atoms with Crippen molar-refractivity contribution in [1.82, 2.24) is 0 Å². The molecule has 10 N–H and O–H groups in total. The molecule has 0 aromatic heterocycles. The molecule has 3 aliphatic rings. The number of rotatable bonds is 11. The van der Waals surface area contributed by atoms with Gasteiger partial charge in [0.15, 0.2) is 18.9 Å². The highest BCUT2D eigenvalue weighted by molar-refractivity contribution is 4.95. The summed E-state index contributed by atoms with van der Waals surface area (Å²) < 4.78 is 33.5. The van der Waals surface area contributed by atoms with Crippen LogP contribution in [0.1, 0.15) is 33.1 Å². The maximum Gasteiger partial charge on any atom is 0.187 e. The summed E-state index contributed by atoms with van der Waals surface area (Å²) in [4.78, 5) is 0. The molecular weight excluding hydrogens is 514 g/mol. The third-order valence-corrected chi connectivity index (χ3v) is 7.13. The standard InChI is InChI=1S/C23H43NO14/c1-9-12(26)19(17(31)21(34-9)33-7-5-3-4-6-24)38-23-18(32)20(13(27)10(2)35-23)37-22-16(30)15(29)14(28)11(8-25)36-22/h9-23,25-32H,3-8,24H2,1-2H3/t9-,10-,11+,12-,13-,14+,15-,16+,17+,18+,19+,20+,21+,22-,23-/m0/s1. The van der Waals surface area contributed by atoms with Crippen molar-refractivity contribution in [3.8, 4) is 0 Å². The Bertz CT molecular complexity index is 705. The van der Waals surface area contributed by atoms with Crippen LogP contribution >= 0.6 is 0 Å². The molecule has 0 saturated carbocycles. The molecule has 0 unspecified atom stereocenters. The summed E-state index contributed by atoms with van der Waals surface area (Å²) >= 11 is 0. The highest BCUT2D eigenvalue weighted by atomic mass is 16.7. The Kier molecular flexibility index (Phi) is 12.0. The van der Waals surface area contributed by atoms with Crippen LogP contribution in [0.5, 0.6) is 0 Å². The zero-order chi connectivity index (χ0) is 28.1. The van der Waals surface area contributed by atoms with E-state index >= 15 is 0 Å². The van der Waals surface area contributed by atoms with E-state index in [9.17, 15) is 40.9 Å². The number of aliphatic hydroxyl groups is 8. The Balaban J connectivity index is 1.68. The van der Waals surface area contributed by atoms with Crippen LogP contribution in [0.25, 0.3) is 0 Å². The quantitative estimate of drug-likeness (QED) is 0.109. The van der Waals surface area contributed by atoms with Gasteiger partial charge < -0.3 is 75.0 Å². The van der Waals surface area contributed by atoms with Crippen LogP contribution in [0.15, 0.2) is 0 Å². The summed E-state index contributed by atoms with van der Waals surface area (Å²) in [5, 5.41) is 82.8. The van der Waals surface area contributed by atoms with E-state index < -0.39 is 98.7 Å². The molecule has 15 heteroatoms. The van der Waals surface area contributed by atoms with Crippen molar-refractivity contribution in [2.24, 2.45) is 5.73 Å². The van der Waals surface area contributed by atoms with E-state index in [2.05, 4.69) is 0 Å². The predicted octanol–water partition coefficient (Wildman–Crippen LogP) is -4.36. The van der Waals surface area contributed by atoms with E-state index in [1.54, 1.807) is 6.92 Å². The maximum atomic E-state index is 11.0. The van der Waals surface area contributed by atoms with Crippen molar-refractivity contribution in [2.75, 3.05) is 19.8 Å². The average Bonchev–Trinajstić information content (AvgIpc) is 2.89. The number of unbranched alkanes of at least 4 members (excludes halogenated alkanes) is 2. The summed E-state index contributed by atoms with van der Waals surface area (Å²) in [6.07, 6.45) is -18.9. The molecule has 3 heterocycles. The molecule has 3 saturated heterocycles. The molecule has 0 amide bonds. The van der Waals surface area contributed by atoms with Crippen molar-refractivity contribution < 1.29 is 69.3 Å². The van der Waals surface area contributed by atoms with Crippen molar-refractivity contribution in [1.29, 1.82) is 0 Å². The molecule has 3 rings (SSSR count). The zero-order valence-electron chi connectivity index (χ0n) is 21.5. The molecular formula is C23H43NO14. The van der Waals surface area contributed by atoms with Crippen LogP contribution < -0.4 is 5.73 Å². The van der Waals surface area contributed by atoms with E-state index in [4.69, 9.17) is 34.2 Å². The van der Waals surface area contributed by atoms with E-state index in [1.807, 2.05) is 0 Å². The Morgan fingerprint density at radius 3 is 1.68 bits per heavy atom. The van der Waals surface area contributed by atoms with E-state index in [-0.39, 0.29) is 6.61 Å². The summed E-state index contributed by atoms with van der Waals surface area (Å²) in [6, 6.07) is 0. The third kappa shape index (κ3) is 7.18. The third-order valence-electron chi connectivity index (χ3n) is 7.13. The SMILES string of the molecule is C[C@@H]1O[C@@H](O[C@@H]2[C@@H](O)[C@H](C)O[C@@H](OCCCCCN)[C@@H]2O)[C@H](O)[C@H](O[C@@H]2O[C@H](CO)[C@@H](O)[C@H](O)[C@H]2O)[C@H]1O. The topological polar surface area (TPSA) is 243 Å². The first-order valence-corrected chi connectivity index (χ1v) is 13.0. The largest absolute Gasteiger partial charge is 0.394 e. The van der Waals surface area contributed by atoms with Gasteiger partial charge in [-0.05, 0) is 39.7 Å².